The number of morpholine rings is 1. The lowest BCUT2D eigenvalue weighted by atomic mass is 9.86. The highest BCUT2D eigenvalue weighted by Crippen LogP contribution is 2.40. The van der Waals surface area contributed by atoms with E-state index in [1.807, 2.05) is 20.8 Å². The summed E-state index contributed by atoms with van der Waals surface area (Å²) in [4.78, 5) is 19.2. The topological polar surface area (TPSA) is 94.9 Å². The third kappa shape index (κ3) is 3.03. The third-order valence-electron chi connectivity index (χ3n) is 4.91. The summed E-state index contributed by atoms with van der Waals surface area (Å²) < 4.78 is 5.79. The van der Waals surface area contributed by atoms with Crippen LogP contribution in [-0.2, 0) is 14.9 Å². The van der Waals surface area contributed by atoms with Crippen LogP contribution in [-0.4, -0.2) is 45.7 Å². The van der Waals surface area contributed by atoms with Crippen LogP contribution in [0.5, 0.6) is 0 Å². The third-order valence-corrected chi connectivity index (χ3v) is 4.91. The quantitative estimate of drug-likeness (QED) is 0.895. The number of carbonyl (C=O) groups is 1. The van der Waals surface area contributed by atoms with Gasteiger partial charge >= 0.3 is 0 Å². The summed E-state index contributed by atoms with van der Waals surface area (Å²) in [5.74, 6) is 1.33. The number of nitrogens with zero attached hydrogens (tertiary/aromatic N) is 4. The number of H-pyrrole nitrogens is 1. The molecule has 1 aromatic rings. The lowest BCUT2D eigenvalue weighted by molar-refractivity contribution is -0.147. The van der Waals surface area contributed by atoms with E-state index in [1.54, 1.807) is 4.90 Å². The molecule has 2 heterocycles. The molecule has 2 fully saturated rings. The maximum absolute atomic E-state index is 12.9. The Hall–Kier alpha value is -1.94. The Bertz CT molecular complexity index is 649. The fraction of sp³-hybridized carbons (Fsp3) is 0.765. The molecule has 7 heteroatoms. The van der Waals surface area contributed by atoms with Gasteiger partial charge in [0, 0.05) is 12.0 Å². The predicted octanol–water partition coefficient (Wildman–Crippen LogP) is 2.09. The molecule has 1 saturated carbocycles. The number of aromatic amines is 1. The van der Waals surface area contributed by atoms with Crippen molar-refractivity contribution >= 4 is 5.91 Å². The van der Waals surface area contributed by atoms with Crippen LogP contribution in [0.2, 0.25) is 0 Å². The Kier molecular flexibility index (Phi) is 4.35. The minimum Gasteiger partial charge on any atom is -0.367 e. The van der Waals surface area contributed by atoms with E-state index in [4.69, 9.17) is 4.74 Å². The molecule has 7 nitrogen and oxygen atoms in total. The molecule has 1 amide bonds. The number of carbonyl (C=O) groups excluding carboxylic acids is 1. The minimum atomic E-state index is -0.833. The number of rotatable bonds is 2. The molecule has 2 aliphatic rings. The number of ether oxygens (including phenoxy) is 1. The van der Waals surface area contributed by atoms with Crippen molar-refractivity contribution in [1.29, 1.82) is 5.26 Å². The summed E-state index contributed by atoms with van der Waals surface area (Å²) in [7, 11) is 0. The first-order valence-electron chi connectivity index (χ1n) is 8.61. The highest BCUT2D eigenvalue weighted by molar-refractivity contribution is 5.86. The standard InChI is InChI=1S/C17H25N5O2/c1-16(2,3)14-19-13(20-21-14)12-10-22(8-9-24-12)15(23)17(11-18)6-4-5-7-17/h12H,4-10H2,1-3H3,(H,19,20,21). The van der Waals surface area contributed by atoms with E-state index in [0.29, 0.717) is 38.4 Å². The molecule has 1 aliphatic carbocycles. The molecule has 0 bridgehead atoms. The van der Waals surface area contributed by atoms with Crippen LogP contribution in [0.1, 0.15) is 64.2 Å². The lowest BCUT2D eigenvalue weighted by Crippen LogP contribution is -2.48. The maximum Gasteiger partial charge on any atom is 0.243 e. The lowest BCUT2D eigenvalue weighted by Gasteiger charge is -2.35. The summed E-state index contributed by atoms with van der Waals surface area (Å²) in [6.07, 6.45) is 2.92. The summed E-state index contributed by atoms with van der Waals surface area (Å²) >= 11 is 0. The Labute approximate surface area is 142 Å². The Morgan fingerprint density at radius 3 is 2.71 bits per heavy atom. The maximum atomic E-state index is 12.9. The van der Waals surface area contributed by atoms with E-state index in [1.165, 1.54) is 0 Å². The second kappa shape index (κ2) is 6.17. The van der Waals surface area contributed by atoms with E-state index in [2.05, 4.69) is 21.3 Å². The molecule has 0 radical (unpaired) electrons. The number of nitriles is 1. The van der Waals surface area contributed by atoms with Gasteiger partial charge in [-0.05, 0) is 12.8 Å². The molecule has 24 heavy (non-hydrogen) atoms. The van der Waals surface area contributed by atoms with Crippen molar-refractivity contribution < 1.29 is 9.53 Å². The van der Waals surface area contributed by atoms with Crippen LogP contribution in [0.15, 0.2) is 0 Å². The zero-order chi connectivity index (χ0) is 17.4. The van der Waals surface area contributed by atoms with E-state index >= 15 is 0 Å². The van der Waals surface area contributed by atoms with E-state index in [9.17, 15) is 10.1 Å². The first kappa shape index (κ1) is 16.9. The monoisotopic (exact) mass is 331 g/mol. The Morgan fingerprint density at radius 2 is 2.12 bits per heavy atom. The van der Waals surface area contributed by atoms with Gasteiger partial charge in [0.2, 0.25) is 5.91 Å². The summed E-state index contributed by atoms with van der Waals surface area (Å²) in [6.45, 7) is 7.54. The zero-order valence-corrected chi connectivity index (χ0v) is 14.6. The van der Waals surface area contributed by atoms with Crippen molar-refractivity contribution in [2.75, 3.05) is 19.7 Å². The fourth-order valence-electron chi connectivity index (χ4n) is 3.41. The predicted molar refractivity (Wildman–Crippen MR) is 86.9 cm³/mol. The van der Waals surface area contributed by atoms with Crippen LogP contribution in [0.25, 0.3) is 0 Å². The molecular weight excluding hydrogens is 306 g/mol. The molecule has 1 aromatic heterocycles. The second-order valence-corrected chi connectivity index (χ2v) is 7.81. The number of amides is 1. The van der Waals surface area contributed by atoms with Crippen LogP contribution in [0.4, 0.5) is 0 Å². The molecule has 1 saturated heterocycles. The van der Waals surface area contributed by atoms with Gasteiger partial charge in [-0.3, -0.25) is 9.89 Å². The number of aromatic nitrogens is 3. The van der Waals surface area contributed by atoms with Crippen molar-refractivity contribution in [1.82, 2.24) is 20.1 Å². The van der Waals surface area contributed by atoms with E-state index in [0.717, 1.165) is 18.7 Å². The number of hydrogen-bond donors (Lipinski definition) is 1. The summed E-state index contributed by atoms with van der Waals surface area (Å²) in [5, 5.41) is 16.7. The highest BCUT2D eigenvalue weighted by atomic mass is 16.5. The fourth-order valence-corrected chi connectivity index (χ4v) is 3.41. The van der Waals surface area contributed by atoms with Crippen LogP contribution >= 0.6 is 0 Å². The number of hydrogen-bond acceptors (Lipinski definition) is 5. The van der Waals surface area contributed by atoms with Crippen molar-refractivity contribution in [2.45, 2.75) is 58.0 Å². The first-order valence-corrected chi connectivity index (χ1v) is 8.61. The van der Waals surface area contributed by atoms with Gasteiger partial charge in [-0.2, -0.15) is 10.4 Å². The average molecular weight is 331 g/mol. The normalized spacial score (nSPS) is 23.9. The molecule has 3 rings (SSSR count). The molecule has 0 spiro atoms. The SMILES string of the molecule is CC(C)(C)c1n[nH]c(C2CN(C(=O)C3(C#N)CCCC3)CCO2)n1. The van der Waals surface area contributed by atoms with Gasteiger partial charge in [0.1, 0.15) is 11.5 Å². The molecule has 1 N–H and O–H groups in total. The number of nitrogens with one attached hydrogen (secondary N) is 1. The van der Waals surface area contributed by atoms with Gasteiger partial charge in [0.25, 0.3) is 0 Å². The molecular formula is C17H25N5O2. The summed E-state index contributed by atoms with van der Waals surface area (Å²) in [5.41, 5.74) is -0.979. The van der Waals surface area contributed by atoms with Gasteiger partial charge < -0.3 is 9.64 Å². The largest absolute Gasteiger partial charge is 0.367 e. The van der Waals surface area contributed by atoms with Crippen molar-refractivity contribution in [3.05, 3.63) is 11.6 Å². The van der Waals surface area contributed by atoms with E-state index < -0.39 is 5.41 Å². The molecule has 0 aromatic carbocycles. The van der Waals surface area contributed by atoms with Crippen molar-refractivity contribution in [3.8, 4) is 6.07 Å². The molecule has 1 atom stereocenters. The molecule has 1 aliphatic heterocycles. The second-order valence-electron chi connectivity index (χ2n) is 7.81. The highest BCUT2D eigenvalue weighted by Gasteiger charge is 2.45. The minimum absolute atomic E-state index is 0.0497. The van der Waals surface area contributed by atoms with Crippen molar-refractivity contribution in [3.63, 3.8) is 0 Å². The van der Waals surface area contributed by atoms with Gasteiger partial charge in [0.05, 0.1) is 19.2 Å². The smallest absolute Gasteiger partial charge is 0.243 e. The molecule has 1 unspecified atom stereocenters. The summed E-state index contributed by atoms with van der Waals surface area (Å²) in [6, 6.07) is 2.29. The van der Waals surface area contributed by atoms with Crippen LogP contribution in [0, 0.1) is 16.7 Å². The Morgan fingerprint density at radius 1 is 1.42 bits per heavy atom. The van der Waals surface area contributed by atoms with Crippen molar-refractivity contribution in [2.24, 2.45) is 5.41 Å². The van der Waals surface area contributed by atoms with Gasteiger partial charge in [-0.15, -0.1) is 0 Å². The Balaban J connectivity index is 1.74. The first-order chi connectivity index (χ1) is 11.4. The zero-order valence-electron chi connectivity index (χ0n) is 14.6. The van der Waals surface area contributed by atoms with Gasteiger partial charge in [0.15, 0.2) is 11.6 Å². The van der Waals surface area contributed by atoms with Crippen LogP contribution < -0.4 is 0 Å². The average Bonchev–Trinajstić information content (AvgIpc) is 3.24. The van der Waals surface area contributed by atoms with Gasteiger partial charge in [-0.25, -0.2) is 4.98 Å². The van der Waals surface area contributed by atoms with Gasteiger partial charge in [-0.1, -0.05) is 33.6 Å². The van der Waals surface area contributed by atoms with E-state index in [-0.39, 0.29) is 17.4 Å². The molecule has 130 valence electrons. The van der Waals surface area contributed by atoms with Crippen LogP contribution in [0.3, 0.4) is 0 Å².